The standard InChI is InChI=1S/C19H18ClF3N6O2/c1-9-13(10(2)29-18(24-9)27-17(28-29)19(21,22)23)5-7-16(31)26-15-8-12(25-11(3)30)4-6-14(15)20/h4,6,8H,5,7H2,1-3H3,(H,25,30)(H,26,31). The zero-order valence-corrected chi connectivity index (χ0v) is 17.5. The zero-order valence-electron chi connectivity index (χ0n) is 16.8. The Morgan fingerprint density at radius 1 is 1.16 bits per heavy atom. The number of aryl methyl sites for hydroxylation is 2. The molecule has 0 unspecified atom stereocenters. The van der Waals surface area contributed by atoms with Gasteiger partial charge in [-0.1, -0.05) is 11.6 Å². The summed E-state index contributed by atoms with van der Waals surface area (Å²) in [6, 6.07) is 4.66. The molecule has 0 aliphatic carbocycles. The van der Waals surface area contributed by atoms with E-state index < -0.39 is 12.0 Å². The van der Waals surface area contributed by atoms with Crippen molar-refractivity contribution in [2.24, 2.45) is 0 Å². The molecule has 164 valence electrons. The number of fused-ring (bicyclic) bond motifs is 1. The number of carbonyl (C=O) groups is 2. The Kier molecular flexibility index (Phi) is 6.16. The second-order valence-electron chi connectivity index (χ2n) is 6.83. The number of aromatic nitrogens is 4. The molecule has 2 N–H and O–H groups in total. The molecule has 0 aliphatic heterocycles. The minimum absolute atomic E-state index is 0.0242. The molecule has 0 saturated carbocycles. The van der Waals surface area contributed by atoms with E-state index in [0.717, 1.165) is 4.52 Å². The van der Waals surface area contributed by atoms with Gasteiger partial charge in [0.25, 0.3) is 11.6 Å². The minimum Gasteiger partial charge on any atom is -0.326 e. The van der Waals surface area contributed by atoms with E-state index in [1.165, 1.54) is 19.1 Å². The Labute approximate surface area is 179 Å². The smallest absolute Gasteiger partial charge is 0.326 e. The number of carbonyl (C=O) groups excluding carboxylic acids is 2. The van der Waals surface area contributed by atoms with Crippen molar-refractivity contribution in [3.8, 4) is 0 Å². The summed E-state index contributed by atoms with van der Waals surface area (Å²) < 4.78 is 39.7. The van der Waals surface area contributed by atoms with E-state index in [2.05, 4.69) is 25.7 Å². The summed E-state index contributed by atoms with van der Waals surface area (Å²) in [5.41, 5.74) is 2.28. The lowest BCUT2D eigenvalue weighted by atomic mass is 10.1. The molecule has 0 atom stereocenters. The van der Waals surface area contributed by atoms with E-state index in [9.17, 15) is 22.8 Å². The number of nitrogens with one attached hydrogen (secondary N) is 2. The van der Waals surface area contributed by atoms with E-state index in [-0.39, 0.29) is 30.4 Å². The molecular weight excluding hydrogens is 437 g/mol. The minimum atomic E-state index is -4.68. The predicted octanol–water partition coefficient (Wildman–Crippen LogP) is 3.94. The Bertz CT molecular complexity index is 1180. The van der Waals surface area contributed by atoms with Crippen LogP contribution in [-0.2, 0) is 22.2 Å². The number of hydrogen-bond acceptors (Lipinski definition) is 5. The SMILES string of the molecule is CC(=O)Nc1ccc(Cl)c(NC(=O)CCc2c(C)nc3nc(C(F)(F)F)nn3c2C)c1. The van der Waals surface area contributed by atoms with Gasteiger partial charge in [-0.25, -0.2) is 9.50 Å². The number of benzene rings is 1. The normalized spacial score (nSPS) is 11.6. The molecule has 0 saturated heterocycles. The molecule has 12 heteroatoms. The molecule has 2 heterocycles. The highest BCUT2D eigenvalue weighted by Crippen LogP contribution is 2.28. The lowest BCUT2D eigenvalue weighted by Gasteiger charge is -2.12. The summed E-state index contributed by atoms with van der Waals surface area (Å²) in [6.07, 6.45) is -4.44. The predicted molar refractivity (Wildman–Crippen MR) is 108 cm³/mol. The van der Waals surface area contributed by atoms with Gasteiger partial charge in [0.2, 0.25) is 11.8 Å². The lowest BCUT2D eigenvalue weighted by molar-refractivity contribution is -0.144. The van der Waals surface area contributed by atoms with Crippen LogP contribution < -0.4 is 10.6 Å². The van der Waals surface area contributed by atoms with Crippen molar-refractivity contribution in [1.29, 1.82) is 0 Å². The highest BCUT2D eigenvalue weighted by molar-refractivity contribution is 6.33. The van der Waals surface area contributed by atoms with Crippen LogP contribution in [0.4, 0.5) is 24.5 Å². The van der Waals surface area contributed by atoms with E-state index in [1.807, 2.05) is 0 Å². The van der Waals surface area contributed by atoms with Crippen LogP contribution in [-0.4, -0.2) is 31.4 Å². The summed E-state index contributed by atoms with van der Waals surface area (Å²) >= 11 is 6.10. The quantitative estimate of drug-likeness (QED) is 0.608. The van der Waals surface area contributed by atoms with Crippen molar-refractivity contribution in [3.63, 3.8) is 0 Å². The van der Waals surface area contributed by atoms with Gasteiger partial charge in [0.15, 0.2) is 0 Å². The molecule has 8 nitrogen and oxygen atoms in total. The van der Waals surface area contributed by atoms with Crippen LogP contribution in [0.25, 0.3) is 5.78 Å². The van der Waals surface area contributed by atoms with Gasteiger partial charge in [0.1, 0.15) is 0 Å². The molecule has 0 spiro atoms. The van der Waals surface area contributed by atoms with Gasteiger partial charge in [0.05, 0.1) is 10.7 Å². The van der Waals surface area contributed by atoms with Crippen LogP contribution in [0.15, 0.2) is 18.2 Å². The third-order valence-corrected chi connectivity index (χ3v) is 4.79. The number of amides is 2. The van der Waals surface area contributed by atoms with Crippen molar-refractivity contribution >= 4 is 40.6 Å². The van der Waals surface area contributed by atoms with Gasteiger partial charge in [-0.05, 0) is 44.0 Å². The molecule has 0 fully saturated rings. The van der Waals surface area contributed by atoms with Crippen LogP contribution in [0.5, 0.6) is 0 Å². The van der Waals surface area contributed by atoms with E-state index in [1.54, 1.807) is 19.9 Å². The first-order chi connectivity index (χ1) is 14.5. The molecule has 3 rings (SSSR count). The fraction of sp³-hybridized carbons (Fsp3) is 0.316. The largest absolute Gasteiger partial charge is 0.453 e. The Balaban J connectivity index is 1.76. The fourth-order valence-corrected chi connectivity index (χ4v) is 3.21. The average Bonchev–Trinajstić information content (AvgIpc) is 3.08. The van der Waals surface area contributed by atoms with E-state index in [4.69, 9.17) is 11.6 Å². The van der Waals surface area contributed by atoms with Crippen LogP contribution in [0.3, 0.4) is 0 Å². The van der Waals surface area contributed by atoms with Gasteiger partial charge < -0.3 is 10.6 Å². The topological polar surface area (TPSA) is 101 Å². The summed E-state index contributed by atoms with van der Waals surface area (Å²) in [7, 11) is 0. The van der Waals surface area contributed by atoms with Crippen LogP contribution in [0.2, 0.25) is 5.02 Å². The van der Waals surface area contributed by atoms with E-state index in [0.29, 0.717) is 33.3 Å². The number of rotatable bonds is 5. The number of nitrogens with zero attached hydrogens (tertiary/aromatic N) is 4. The maximum Gasteiger partial charge on any atom is 0.453 e. The van der Waals surface area contributed by atoms with Crippen molar-refractivity contribution in [2.45, 2.75) is 39.8 Å². The zero-order chi connectivity index (χ0) is 22.9. The van der Waals surface area contributed by atoms with Gasteiger partial charge in [-0.15, -0.1) is 5.10 Å². The summed E-state index contributed by atoms with van der Waals surface area (Å²) in [6.45, 7) is 4.59. The summed E-state index contributed by atoms with van der Waals surface area (Å²) in [4.78, 5) is 31.1. The second kappa shape index (κ2) is 8.50. The molecule has 0 bridgehead atoms. The van der Waals surface area contributed by atoms with Gasteiger partial charge in [-0.3, -0.25) is 9.59 Å². The molecule has 2 amide bonds. The summed E-state index contributed by atoms with van der Waals surface area (Å²) in [5, 5.41) is 9.05. The average molecular weight is 455 g/mol. The molecule has 0 radical (unpaired) electrons. The highest BCUT2D eigenvalue weighted by Gasteiger charge is 2.37. The lowest BCUT2D eigenvalue weighted by Crippen LogP contribution is -2.15. The maximum atomic E-state index is 12.9. The van der Waals surface area contributed by atoms with Crippen molar-refractivity contribution in [3.05, 3.63) is 46.0 Å². The first-order valence-electron chi connectivity index (χ1n) is 9.12. The van der Waals surface area contributed by atoms with Crippen LogP contribution in [0.1, 0.15) is 36.1 Å². The van der Waals surface area contributed by atoms with Crippen molar-refractivity contribution < 1.29 is 22.8 Å². The Morgan fingerprint density at radius 2 is 1.87 bits per heavy atom. The number of hydrogen-bond donors (Lipinski definition) is 2. The van der Waals surface area contributed by atoms with Crippen LogP contribution in [0, 0.1) is 13.8 Å². The molecule has 31 heavy (non-hydrogen) atoms. The monoisotopic (exact) mass is 454 g/mol. The molecule has 1 aromatic carbocycles. The second-order valence-corrected chi connectivity index (χ2v) is 7.24. The third kappa shape index (κ3) is 5.10. The third-order valence-electron chi connectivity index (χ3n) is 4.47. The first kappa shape index (κ1) is 22.5. The van der Waals surface area contributed by atoms with Gasteiger partial charge >= 0.3 is 6.18 Å². The molecule has 2 aromatic heterocycles. The van der Waals surface area contributed by atoms with Crippen LogP contribution >= 0.6 is 11.6 Å². The molecule has 3 aromatic rings. The fourth-order valence-electron chi connectivity index (χ4n) is 3.04. The van der Waals surface area contributed by atoms with Gasteiger partial charge in [-0.2, -0.15) is 18.2 Å². The summed E-state index contributed by atoms with van der Waals surface area (Å²) in [5.74, 6) is -2.06. The van der Waals surface area contributed by atoms with E-state index >= 15 is 0 Å². The highest BCUT2D eigenvalue weighted by atomic mass is 35.5. The van der Waals surface area contributed by atoms with Crippen molar-refractivity contribution in [1.82, 2.24) is 19.6 Å². The van der Waals surface area contributed by atoms with Crippen molar-refractivity contribution in [2.75, 3.05) is 10.6 Å². The number of anilines is 2. The number of alkyl halides is 3. The Morgan fingerprint density at radius 3 is 2.52 bits per heavy atom. The first-order valence-corrected chi connectivity index (χ1v) is 9.50. The molecular formula is C19H18ClF3N6O2. The van der Waals surface area contributed by atoms with Gasteiger partial charge in [0, 0.05) is 30.4 Å². The Hall–Kier alpha value is -3.21. The number of halogens is 4. The maximum absolute atomic E-state index is 12.9. The molecule has 0 aliphatic rings.